The van der Waals surface area contributed by atoms with E-state index in [0.717, 1.165) is 41.8 Å². The Morgan fingerprint density at radius 2 is 1.64 bits per heavy atom. The lowest BCUT2D eigenvalue weighted by molar-refractivity contribution is 0.340. The molecule has 2 aromatic carbocycles. The summed E-state index contributed by atoms with van der Waals surface area (Å²) in [5.74, 6) is 4.13. The van der Waals surface area contributed by atoms with Gasteiger partial charge in [0.05, 0.1) is 12.2 Å². The van der Waals surface area contributed by atoms with Crippen molar-refractivity contribution >= 4 is 11.4 Å². The van der Waals surface area contributed by atoms with Crippen molar-refractivity contribution in [1.82, 2.24) is 0 Å². The molecule has 0 radical (unpaired) electrons. The van der Waals surface area contributed by atoms with E-state index >= 15 is 0 Å². The molecule has 2 aromatic rings. The van der Waals surface area contributed by atoms with Crippen LogP contribution in [0.3, 0.4) is 0 Å². The largest absolute Gasteiger partial charge is 0.494 e. The molecule has 0 unspecified atom stereocenters. The number of hydrogen-bond acceptors (Lipinski definition) is 2. The molecule has 0 fully saturated rings. The minimum absolute atomic E-state index is 0.680. The third-order valence-electron chi connectivity index (χ3n) is 3.33. The van der Waals surface area contributed by atoms with Crippen molar-refractivity contribution in [2.75, 3.05) is 13.2 Å². The normalized spacial score (nSPS) is 9.91. The number of hydrogen-bond donors (Lipinski definition) is 0. The Bertz CT molecular complexity index is 623. The zero-order valence-corrected chi connectivity index (χ0v) is 13.4. The van der Waals surface area contributed by atoms with Crippen LogP contribution in [0.15, 0.2) is 59.6 Å². The third kappa shape index (κ3) is 4.61. The van der Waals surface area contributed by atoms with Crippen LogP contribution in [0.2, 0.25) is 0 Å². The maximum Gasteiger partial charge on any atom is 0.119 e. The fraction of sp³-hybridized carbons (Fsp3) is 0.300. The van der Waals surface area contributed by atoms with E-state index in [1.54, 1.807) is 0 Å². The van der Waals surface area contributed by atoms with Gasteiger partial charge >= 0.3 is 0 Å². The van der Waals surface area contributed by atoms with Gasteiger partial charge in [-0.3, -0.25) is 0 Å². The van der Waals surface area contributed by atoms with E-state index in [0.29, 0.717) is 6.61 Å². The lowest BCUT2D eigenvalue weighted by Gasteiger charge is -2.07. The molecule has 2 heteroatoms. The SMILES string of the molecule is CCCCN=C=C(c1ccccc1)c1ccc(OCC)cc1. The fourth-order valence-electron chi connectivity index (χ4n) is 2.16. The average molecular weight is 293 g/mol. The summed E-state index contributed by atoms with van der Waals surface area (Å²) >= 11 is 0. The second-order valence-corrected chi connectivity index (χ2v) is 5.05. The van der Waals surface area contributed by atoms with Crippen LogP contribution in [0.25, 0.3) is 5.57 Å². The standard InChI is InChI=1S/C20H23NO/c1-3-5-15-21-16-20(17-9-7-6-8-10-17)18-11-13-19(14-12-18)22-4-2/h6-14H,3-5,15H2,1-2H3. The number of benzene rings is 2. The summed E-state index contributed by atoms with van der Waals surface area (Å²) in [6.07, 6.45) is 2.24. The van der Waals surface area contributed by atoms with Gasteiger partial charge in [-0.05, 0) is 54.6 Å². The maximum atomic E-state index is 5.51. The predicted octanol–water partition coefficient (Wildman–Crippen LogP) is 4.99. The summed E-state index contributed by atoms with van der Waals surface area (Å²) in [5, 5.41) is 0. The highest BCUT2D eigenvalue weighted by Gasteiger charge is 2.05. The van der Waals surface area contributed by atoms with Gasteiger partial charge in [0.25, 0.3) is 0 Å². The van der Waals surface area contributed by atoms with Gasteiger partial charge in [0.2, 0.25) is 0 Å². The van der Waals surface area contributed by atoms with Gasteiger partial charge in [0.15, 0.2) is 0 Å². The molecule has 2 rings (SSSR count). The van der Waals surface area contributed by atoms with Crippen molar-refractivity contribution in [2.24, 2.45) is 4.99 Å². The van der Waals surface area contributed by atoms with Crippen LogP contribution in [0.1, 0.15) is 37.8 Å². The monoisotopic (exact) mass is 293 g/mol. The van der Waals surface area contributed by atoms with Crippen molar-refractivity contribution < 1.29 is 4.74 Å². The Balaban J connectivity index is 2.34. The van der Waals surface area contributed by atoms with Gasteiger partial charge in [0.1, 0.15) is 5.75 Å². The molecule has 0 aliphatic heterocycles. The molecule has 114 valence electrons. The van der Waals surface area contributed by atoms with Crippen molar-refractivity contribution in [1.29, 1.82) is 0 Å². The summed E-state index contributed by atoms with van der Waals surface area (Å²) in [4.78, 5) is 4.45. The van der Waals surface area contributed by atoms with Crippen LogP contribution < -0.4 is 4.74 Å². The van der Waals surface area contributed by atoms with Crippen molar-refractivity contribution in [3.8, 4) is 5.75 Å². The summed E-state index contributed by atoms with van der Waals surface area (Å²) in [7, 11) is 0. The Labute approximate surface area is 133 Å². The van der Waals surface area contributed by atoms with E-state index in [1.165, 1.54) is 0 Å². The molecule has 0 aliphatic rings. The highest BCUT2D eigenvalue weighted by molar-refractivity contribution is 5.98. The van der Waals surface area contributed by atoms with Crippen LogP contribution in [-0.2, 0) is 0 Å². The Morgan fingerprint density at radius 1 is 0.955 bits per heavy atom. The summed E-state index contributed by atoms with van der Waals surface area (Å²) in [5.41, 5.74) is 3.27. The third-order valence-corrected chi connectivity index (χ3v) is 3.33. The van der Waals surface area contributed by atoms with Crippen molar-refractivity contribution in [3.05, 3.63) is 65.7 Å². The number of ether oxygens (including phenoxy) is 1. The van der Waals surface area contributed by atoms with Crippen LogP contribution >= 0.6 is 0 Å². The van der Waals surface area contributed by atoms with Gasteiger partial charge < -0.3 is 4.74 Å². The number of nitrogens with zero attached hydrogens (tertiary/aromatic N) is 1. The second kappa shape index (κ2) is 8.86. The minimum Gasteiger partial charge on any atom is -0.494 e. The van der Waals surface area contributed by atoms with Gasteiger partial charge in [0, 0.05) is 6.54 Å². The first-order valence-electron chi connectivity index (χ1n) is 7.93. The van der Waals surface area contributed by atoms with E-state index in [4.69, 9.17) is 4.74 Å². The predicted molar refractivity (Wildman–Crippen MR) is 93.8 cm³/mol. The summed E-state index contributed by atoms with van der Waals surface area (Å²) in [6, 6.07) is 18.4. The molecular formula is C20H23NO. The molecule has 0 aromatic heterocycles. The zero-order chi connectivity index (χ0) is 15.6. The number of aliphatic imine (C=N–C) groups is 1. The van der Waals surface area contributed by atoms with Crippen LogP contribution in [0.4, 0.5) is 0 Å². The van der Waals surface area contributed by atoms with Crippen LogP contribution in [-0.4, -0.2) is 19.0 Å². The van der Waals surface area contributed by atoms with Crippen molar-refractivity contribution in [3.63, 3.8) is 0 Å². The summed E-state index contributed by atoms with van der Waals surface area (Å²) in [6.45, 7) is 5.66. The van der Waals surface area contributed by atoms with Gasteiger partial charge in [-0.15, -0.1) is 0 Å². The Hall–Kier alpha value is -2.31. The van der Waals surface area contributed by atoms with Gasteiger partial charge in [-0.1, -0.05) is 43.7 Å². The second-order valence-electron chi connectivity index (χ2n) is 5.05. The van der Waals surface area contributed by atoms with E-state index in [9.17, 15) is 0 Å². The molecule has 0 bridgehead atoms. The van der Waals surface area contributed by atoms with Gasteiger partial charge in [-0.25, -0.2) is 4.99 Å². The van der Waals surface area contributed by atoms with E-state index in [1.807, 2.05) is 37.3 Å². The van der Waals surface area contributed by atoms with Crippen LogP contribution in [0.5, 0.6) is 5.75 Å². The highest BCUT2D eigenvalue weighted by atomic mass is 16.5. The lowest BCUT2D eigenvalue weighted by atomic mass is 9.99. The minimum atomic E-state index is 0.680. The average Bonchev–Trinajstić information content (AvgIpc) is 2.57. The van der Waals surface area contributed by atoms with E-state index in [-0.39, 0.29) is 0 Å². The molecule has 0 saturated carbocycles. The highest BCUT2D eigenvalue weighted by Crippen LogP contribution is 2.23. The molecular weight excluding hydrogens is 270 g/mol. The Morgan fingerprint density at radius 3 is 2.27 bits per heavy atom. The topological polar surface area (TPSA) is 21.6 Å². The Kier molecular flexibility index (Phi) is 6.47. The smallest absolute Gasteiger partial charge is 0.119 e. The molecule has 2 nitrogen and oxygen atoms in total. The van der Waals surface area contributed by atoms with Crippen LogP contribution in [0, 0.1) is 0 Å². The number of rotatable bonds is 7. The number of unbranched alkanes of at least 4 members (excludes halogenated alkanes) is 1. The first kappa shape index (κ1) is 16.1. The quantitative estimate of drug-likeness (QED) is 0.521. The molecule has 0 heterocycles. The summed E-state index contributed by atoms with van der Waals surface area (Å²) < 4.78 is 5.51. The first-order valence-corrected chi connectivity index (χ1v) is 7.93. The molecule has 0 saturated heterocycles. The fourth-order valence-corrected chi connectivity index (χ4v) is 2.16. The molecule has 0 aliphatic carbocycles. The molecule has 0 spiro atoms. The molecule has 0 amide bonds. The van der Waals surface area contributed by atoms with Gasteiger partial charge in [-0.2, -0.15) is 0 Å². The molecule has 0 atom stereocenters. The lowest BCUT2D eigenvalue weighted by Crippen LogP contribution is -1.93. The van der Waals surface area contributed by atoms with Crippen molar-refractivity contribution in [2.45, 2.75) is 26.7 Å². The zero-order valence-electron chi connectivity index (χ0n) is 13.4. The molecule has 22 heavy (non-hydrogen) atoms. The maximum absolute atomic E-state index is 5.51. The first-order chi connectivity index (χ1) is 10.8. The van der Waals surface area contributed by atoms with E-state index in [2.05, 4.69) is 42.1 Å². The van der Waals surface area contributed by atoms with E-state index < -0.39 is 0 Å². The molecule has 0 N–H and O–H groups in total.